The van der Waals surface area contributed by atoms with Crippen molar-refractivity contribution < 1.29 is 5.11 Å². The van der Waals surface area contributed by atoms with E-state index in [1.165, 1.54) is 27.9 Å². The van der Waals surface area contributed by atoms with Gasteiger partial charge in [-0.05, 0) is 71.3 Å². The fourth-order valence-corrected chi connectivity index (χ4v) is 5.51. The second-order valence-electron chi connectivity index (χ2n) is 11.3. The minimum atomic E-state index is 0.160. The van der Waals surface area contributed by atoms with Crippen LogP contribution in [-0.2, 0) is 0 Å². The Hall–Kier alpha value is -4.97. The molecule has 210 valence electrons. The van der Waals surface area contributed by atoms with Crippen molar-refractivity contribution in [2.75, 3.05) is 0 Å². The van der Waals surface area contributed by atoms with Gasteiger partial charge < -0.3 is 5.11 Å². The van der Waals surface area contributed by atoms with Crippen LogP contribution >= 0.6 is 0 Å². The molecule has 6 heteroatoms. The molecule has 6 rings (SSSR count). The van der Waals surface area contributed by atoms with Crippen LogP contribution in [0.25, 0.3) is 45.3 Å². The Kier molecular flexibility index (Phi) is 7.21. The topological polar surface area (TPSA) is 68.8 Å². The first kappa shape index (κ1) is 27.2. The summed E-state index contributed by atoms with van der Waals surface area (Å²) in [6.45, 7) is 10.9. The highest BCUT2D eigenvalue weighted by molar-refractivity contribution is 5.73. The third-order valence-corrected chi connectivity index (χ3v) is 7.66. The van der Waals surface area contributed by atoms with E-state index in [0.29, 0.717) is 29.2 Å². The van der Waals surface area contributed by atoms with Gasteiger partial charge in [0.2, 0.25) is 0 Å². The molecule has 6 aromatic rings. The molecule has 2 aromatic heterocycles. The van der Waals surface area contributed by atoms with Crippen LogP contribution in [0.3, 0.4) is 0 Å². The van der Waals surface area contributed by atoms with Gasteiger partial charge in [-0.15, -0.1) is 5.10 Å². The molecule has 0 aliphatic rings. The molecule has 42 heavy (non-hydrogen) atoms. The van der Waals surface area contributed by atoms with Gasteiger partial charge in [-0.2, -0.15) is 0 Å². The molecule has 0 saturated heterocycles. The normalized spacial score (nSPS) is 11.5. The van der Waals surface area contributed by atoms with Gasteiger partial charge in [-0.3, -0.25) is 4.57 Å². The largest absolute Gasteiger partial charge is 0.506 e. The molecule has 2 heterocycles. The number of phenols is 1. The van der Waals surface area contributed by atoms with E-state index >= 15 is 0 Å². The smallest absolute Gasteiger partial charge is 0.181 e. The second-order valence-corrected chi connectivity index (χ2v) is 11.3. The van der Waals surface area contributed by atoms with Gasteiger partial charge in [0, 0.05) is 23.5 Å². The van der Waals surface area contributed by atoms with Crippen molar-refractivity contribution in [2.24, 2.45) is 0 Å². The number of nitrogens with zero attached hydrogens (tertiary/aromatic N) is 5. The van der Waals surface area contributed by atoms with Crippen LogP contribution in [0, 0.1) is 6.92 Å². The predicted molar refractivity (Wildman–Crippen MR) is 169 cm³/mol. The van der Waals surface area contributed by atoms with E-state index in [4.69, 9.17) is 15.1 Å². The van der Waals surface area contributed by atoms with E-state index in [1.54, 1.807) is 16.8 Å². The number of rotatable bonds is 7. The number of benzene rings is 4. The maximum Gasteiger partial charge on any atom is 0.181 e. The predicted octanol–water partition coefficient (Wildman–Crippen LogP) is 8.71. The zero-order chi connectivity index (χ0) is 29.4. The number of aromatic hydroxyl groups is 1. The van der Waals surface area contributed by atoms with Crippen LogP contribution in [0.2, 0.25) is 0 Å². The lowest BCUT2D eigenvalue weighted by molar-refractivity contribution is 0.470. The maximum absolute atomic E-state index is 10.4. The van der Waals surface area contributed by atoms with Gasteiger partial charge in [0.25, 0.3) is 0 Å². The fraction of sp³-hybridized carbons (Fsp3) is 0.194. The van der Waals surface area contributed by atoms with Crippen molar-refractivity contribution in [2.45, 2.75) is 46.5 Å². The number of phenolic OH excluding ortho intramolecular Hbond substituents is 1. The van der Waals surface area contributed by atoms with Crippen LogP contribution in [0.1, 0.15) is 56.5 Å². The number of imidazole rings is 1. The molecule has 0 saturated carbocycles. The Morgan fingerprint density at radius 1 is 0.690 bits per heavy atom. The van der Waals surface area contributed by atoms with E-state index < -0.39 is 0 Å². The minimum absolute atomic E-state index is 0.160. The highest BCUT2D eigenvalue weighted by atomic mass is 16.3. The average Bonchev–Trinajstić information content (AvgIpc) is 3.64. The Morgan fingerprint density at radius 2 is 1.33 bits per heavy atom. The molecule has 0 aliphatic carbocycles. The van der Waals surface area contributed by atoms with Crippen molar-refractivity contribution in [1.29, 1.82) is 0 Å². The Labute approximate surface area is 247 Å². The first-order valence-electron chi connectivity index (χ1n) is 14.4. The van der Waals surface area contributed by atoms with E-state index in [9.17, 15) is 5.11 Å². The first-order chi connectivity index (χ1) is 20.3. The number of aryl methyl sites for hydroxylation is 1. The molecule has 6 nitrogen and oxygen atoms in total. The molecule has 0 aliphatic heterocycles. The van der Waals surface area contributed by atoms with E-state index in [-0.39, 0.29) is 5.75 Å². The summed E-state index contributed by atoms with van der Waals surface area (Å²) < 4.78 is 3.91. The van der Waals surface area contributed by atoms with E-state index in [2.05, 4.69) is 93.1 Å². The van der Waals surface area contributed by atoms with Gasteiger partial charge in [0.15, 0.2) is 5.82 Å². The lowest BCUT2D eigenvalue weighted by Gasteiger charge is -2.23. The van der Waals surface area contributed by atoms with Gasteiger partial charge >= 0.3 is 0 Å². The quantitative estimate of drug-likeness (QED) is 0.215. The van der Waals surface area contributed by atoms with Crippen molar-refractivity contribution in [3.05, 3.63) is 120 Å². The monoisotopic (exact) mass is 553 g/mol. The molecule has 0 atom stereocenters. The van der Waals surface area contributed by atoms with Crippen LogP contribution in [0.4, 0.5) is 0 Å². The summed E-state index contributed by atoms with van der Waals surface area (Å²) in [7, 11) is 0. The number of hydrogen-bond donors (Lipinski definition) is 1. The Morgan fingerprint density at radius 3 is 2.02 bits per heavy atom. The molecule has 0 bridgehead atoms. The van der Waals surface area contributed by atoms with Gasteiger partial charge in [-0.1, -0.05) is 88.4 Å². The van der Waals surface area contributed by atoms with Gasteiger partial charge in [0.05, 0.1) is 5.69 Å². The van der Waals surface area contributed by atoms with E-state index in [1.807, 2.05) is 37.4 Å². The van der Waals surface area contributed by atoms with Crippen LogP contribution in [-0.4, -0.2) is 29.4 Å². The van der Waals surface area contributed by atoms with Crippen molar-refractivity contribution in [3.63, 3.8) is 0 Å². The fourth-order valence-electron chi connectivity index (χ4n) is 5.51. The molecular formula is C36H35N5O. The molecular weight excluding hydrogens is 518 g/mol. The Balaban J connectivity index is 1.46. The second kappa shape index (κ2) is 11.1. The third kappa shape index (κ3) is 5.00. The Bertz CT molecular complexity index is 1830. The summed E-state index contributed by atoms with van der Waals surface area (Å²) in [6, 6.07) is 30.6. The molecule has 4 aromatic carbocycles. The third-order valence-electron chi connectivity index (χ3n) is 7.66. The van der Waals surface area contributed by atoms with Crippen LogP contribution < -0.4 is 0 Å². The summed E-state index contributed by atoms with van der Waals surface area (Å²) in [6.07, 6.45) is 3.93. The summed E-state index contributed by atoms with van der Waals surface area (Å²) in [4.78, 5) is 9.57. The number of hydrogen-bond acceptors (Lipinski definition) is 4. The molecule has 0 unspecified atom stereocenters. The van der Waals surface area contributed by atoms with Gasteiger partial charge in [-0.25, -0.2) is 14.6 Å². The summed E-state index contributed by atoms with van der Waals surface area (Å²) in [5, 5.41) is 15.1. The molecule has 0 amide bonds. The zero-order valence-electron chi connectivity index (χ0n) is 24.7. The maximum atomic E-state index is 10.4. The van der Waals surface area contributed by atoms with Crippen LogP contribution in [0.5, 0.6) is 5.75 Å². The molecule has 0 fully saturated rings. The van der Waals surface area contributed by atoms with Gasteiger partial charge in [0.1, 0.15) is 23.1 Å². The van der Waals surface area contributed by atoms with E-state index in [0.717, 1.165) is 17.0 Å². The summed E-state index contributed by atoms with van der Waals surface area (Å²) >= 11 is 0. The summed E-state index contributed by atoms with van der Waals surface area (Å²) in [5.41, 5.74) is 8.67. The lowest BCUT2D eigenvalue weighted by Crippen LogP contribution is -2.08. The zero-order valence-corrected chi connectivity index (χ0v) is 24.7. The highest BCUT2D eigenvalue weighted by Crippen LogP contribution is 2.38. The standard InChI is InChI=1S/C36H35N5O/c1-23(2)30-21-29(26-12-7-6-8-13-26)22-31(24(3)4)34(30)40-19-18-37-36(40)28-15-11-14-27(20-28)35-38-25(5)41(39-35)32-16-9-10-17-33(32)42/h6-24,42H,1-5H3. The average molecular weight is 554 g/mol. The molecule has 0 spiro atoms. The highest BCUT2D eigenvalue weighted by Gasteiger charge is 2.21. The van der Waals surface area contributed by atoms with Crippen LogP contribution in [0.15, 0.2) is 103 Å². The molecule has 0 radical (unpaired) electrons. The van der Waals surface area contributed by atoms with Crippen molar-refractivity contribution >= 4 is 0 Å². The summed E-state index contributed by atoms with van der Waals surface area (Å²) in [5.74, 6) is 2.94. The first-order valence-corrected chi connectivity index (χ1v) is 14.4. The SMILES string of the molecule is Cc1nc(-c2cccc(-c3nccn3-c3c(C(C)C)cc(-c4ccccc4)cc3C(C)C)c2)nn1-c1ccccc1O. The number of para-hydroxylation sites is 2. The molecule has 1 N–H and O–H groups in total. The minimum Gasteiger partial charge on any atom is -0.506 e. The lowest BCUT2D eigenvalue weighted by atomic mass is 9.88. The van der Waals surface area contributed by atoms with Crippen molar-refractivity contribution in [1.82, 2.24) is 24.3 Å². The number of aromatic nitrogens is 5. The van der Waals surface area contributed by atoms with Crippen molar-refractivity contribution in [3.8, 4) is 51.0 Å².